The van der Waals surface area contributed by atoms with Crippen LogP contribution in [0.15, 0.2) is 0 Å². The van der Waals surface area contributed by atoms with E-state index in [0.29, 0.717) is 0 Å². The van der Waals surface area contributed by atoms with Crippen LogP contribution in [0, 0.1) is 16.7 Å². The molecule has 0 aromatic heterocycles. The van der Waals surface area contributed by atoms with Crippen molar-refractivity contribution in [2.24, 2.45) is 5.41 Å². The van der Waals surface area contributed by atoms with Gasteiger partial charge in [0.2, 0.25) is 0 Å². The molecule has 2 nitrogen and oxygen atoms in total. The van der Waals surface area contributed by atoms with Gasteiger partial charge in [0, 0.05) is 0 Å². The van der Waals surface area contributed by atoms with Crippen LogP contribution in [0.3, 0.4) is 0 Å². The van der Waals surface area contributed by atoms with Gasteiger partial charge in [0.1, 0.15) is 0 Å². The number of aliphatic hydroxyl groups excluding tert-OH is 1. The molecular formula is C16H29NO. The van der Waals surface area contributed by atoms with Crippen molar-refractivity contribution in [1.29, 1.82) is 5.26 Å². The van der Waals surface area contributed by atoms with Crippen LogP contribution in [0.2, 0.25) is 0 Å². The topological polar surface area (TPSA) is 44.0 Å². The summed E-state index contributed by atoms with van der Waals surface area (Å²) in [5, 5.41) is 19.5. The fourth-order valence-electron chi connectivity index (χ4n) is 3.10. The lowest BCUT2D eigenvalue weighted by atomic mass is 9.79. The molecule has 1 atom stereocenters. The molecule has 0 aromatic carbocycles. The number of unbranched alkanes of at least 4 members (excludes halogenated alkanes) is 6. The van der Waals surface area contributed by atoms with Crippen LogP contribution in [0.4, 0.5) is 0 Å². The van der Waals surface area contributed by atoms with Crippen LogP contribution in [0.25, 0.3) is 0 Å². The molecule has 0 spiro atoms. The molecule has 0 aromatic rings. The van der Waals surface area contributed by atoms with Crippen molar-refractivity contribution in [3.05, 3.63) is 0 Å². The van der Waals surface area contributed by atoms with E-state index in [0.717, 1.165) is 38.5 Å². The first-order chi connectivity index (χ1) is 8.75. The molecule has 0 heterocycles. The van der Waals surface area contributed by atoms with Crippen LogP contribution >= 0.6 is 0 Å². The Labute approximate surface area is 112 Å². The van der Waals surface area contributed by atoms with Gasteiger partial charge >= 0.3 is 0 Å². The summed E-state index contributed by atoms with van der Waals surface area (Å²) in [6.07, 6.45) is 13.4. The highest BCUT2D eigenvalue weighted by Gasteiger charge is 2.40. The van der Waals surface area contributed by atoms with Crippen molar-refractivity contribution in [1.82, 2.24) is 0 Å². The van der Waals surface area contributed by atoms with Crippen LogP contribution in [0.5, 0.6) is 0 Å². The zero-order chi connectivity index (χ0) is 13.3. The molecule has 0 bridgehead atoms. The van der Waals surface area contributed by atoms with Crippen molar-refractivity contribution in [2.45, 2.75) is 90.1 Å². The van der Waals surface area contributed by atoms with Gasteiger partial charge in [0.05, 0.1) is 17.6 Å². The summed E-state index contributed by atoms with van der Waals surface area (Å²) in [6, 6.07) is 2.40. The van der Waals surface area contributed by atoms with Gasteiger partial charge in [0.25, 0.3) is 0 Å². The van der Waals surface area contributed by atoms with E-state index in [1.54, 1.807) is 0 Å². The van der Waals surface area contributed by atoms with Gasteiger partial charge in [-0.3, -0.25) is 0 Å². The van der Waals surface area contributed by atoms with E-state index in [-0.39, 0.29) is 6.10 Å². The number of nitrogens with zero attached hydrogens (tertiary/aromatic N) is 1. The van der Waals surface area contributed by atoms with Gasteiger partial charge in [-0.25, -0.2) is 0 Å². The normalized spacial score (nSPS) is 19.6. The molecule has 2 heteroatoms. The van der Waals surface area contributed by atoms with Crippen molar-refractivity contribution < 1.29 is 5.11 Å². The summed E-state index contributed by atoms with van der Waals surface area (Å²) in [5.41, 5.74) is -0.401. The second-order valence-corrected chi connectivity index (χ2v) is 5.90. The quantitative estimate of drug-likeness (QED) is 0.610. The predicted octanol–water partition coefficient (Wildman–Crippen LogP) is 4.57. The maximum Gasteiger partial charge on any atom is 0.0832 e. The lowest BCUT2D eigenvalue weighted by molar-refractivity contribution is 0.0576. The summed E-state index contributed by atoms with van der Waals surface area (Å²) in [4.78, 5) is 0. The molecule has 0 saturated heterocycles. The molecule has 1 aliphatic rings. The molecule has 0 radical (unpaired) electrons. The molecule has 1 rings (SSSR count). The van der Waals surface area contributed by atoms with E-state index in [2.05, 4.69) is 13.0 Å². The average Bonchev–Trinajstić information content (AvgIpc) is 2.87. The predicted molar refractivity (Wildman–Crippen MR) is 75.1 cm³/mol. The third-order valence-corrected chi connectivity index (χ3v) is 4.44. The zero-order valence-electron chi connectivity index (χ0n) is 12.0. The summed E-state index contributed by atoms with van der Waals surface area (Å²) in [7, 11) is 0. The molecular weight excluding hydrogens is 222 g/mol. The minimum atomic E-state index is -0.401. The Balaban J connectivity index is 2.09. The molecule has 18 heavy (non-hydrogen) atoms. The van der Waals surface area contributed by atoms with E-state index in [4.69, 9.17) is 0 Å². The Kier molecular flexibility index (Phi) is 7.35. The summed E-state index contributed by atoms with van der Waals surface area (Å²) in [5.74, 6) is 0. The molecule has 1 N–H and O–H groups in total. The van der Waals surface area contributed by atoms with Crippen molar-refractivity contribution in [2.75, 3.05) is 0 Å². The van der Waals surface area contributed by atoms with Crippen LogP contribution in [-0.4, -0.2) is 11.2 Å². The van der Waals surface area contributed by atoms with E-state index in [9.17, 15) is 10.4 Å². The number of hydrogen-bond acceptors (Lipinski definition) is 2. The van der Waals surface area contributed by atoms with Crippen molar-refractivity contribution >= 4 is 0 Å². The third kappa shape index (κ3) is 4.61. The highest BCUT2D eigenvalue weighted by Crippen LogP contribution is 2.41. The molecule has 1 saturated carbocycles. The summed E-state index contributed by atoms with van der Waals surface area (Å²) < 4.78 is 0. The van der Waals surface area contributed by atoms with Gasteiger partial charge < -0.3 is 5.11 Å². The molecule has 1 unspecified atom stereocenters. The Morgan fingerprint density at radius 2 is 1.61 bits per heavy atom. The van der Waals surface area contributed by atoms with Gasteiger partial charge in [-0.2, -0.15) is 5.26 Å². The largest absolute Gasteiger partial charge is 0.391 e. The monoisotopic (exact) mass is 251 g/mol. The maximum atomic E-state index is 10.2. The van der Waals surface area contributed by atoms with Crippen LogP contribution < -0.4 is 0 Å². The van der Waals surface area contributed by atoms with E-state index < -0.39 is 5.41 Å². The second-order valence-electron chi connectivity index (χ2n) is 5.90. The zero-order valence-corrected chi connectivity index (χ0v) is 12.0. The third-order valence-electron chi connectivity index (χ3n) is 4.44. The van der Waals surface area contributed by atoms with Gasteiger partial charge in [0.15, 0.2) is 0 Å². The van der Waals surface area contributed by atoms with E-state index in [1.807, 2.05) is 0 Å². The number of hydrogen-bond donors (Lipinski definition) is 1. The van der Waals surface area contributed by atoms with Crippen molar-refractivity contribution in [3.8, 4) is 6.07 Å². The Morgan fingerprint density at radius 3 is 2.17 bits per heavy atom. The number of nitriles is 1. The smallest absolute Gasteiger partial charge is 0.0832 e. The lowest BCUT2D eigenvalue weighted by Gasteiger charge is -2.26. The number of rotatable bonds is 9. The Bertz CT molecular complexity index is 250. The van der Waals surface area contributed by atoms with Crippen LogP contribution in [-0.2, 0) is 0 Å². The molecule has 104 valence electrons. The highest BCUT2D eigenvalue weighted by molar-refractivity contribution is 5.06. The van der Waals surface area contributed by atoms with Crippen molar-refractivity contribution in [3.63, 3.8) is 0 Å². The Morgan fingerprint density at radius 1 is 1.06 bits per heavy atom. The summed E-state index contributed by atoms with van der Waals surface area (Å²) >= 11 is 0. The SMILES string of the molecule is CCCCCCCCCC(O)C1(C#N)CCCC1. The standard InChI is InChI=1S/C16H29NO/c1-2-3-4-5-6-7-8-11-15(18)16(14-17)12-9-10-13-16/h15,18H,2-13H2,1H3. The van der Waals surface area contributed by atoms with E-state index in [1.165, 1.54) is 38.5 Å². The second kappa shape index (κ2) is 8.53. The first-order valence-electron chi connectivity index (χ1n) is 7.84. The first kappa shape index (κ1) is 15.5. The summed E-state index contributed by atoms with van der Waals surface area (Å²) in [6.45, 7) is 2.24. The minimum Gasteiger partial charge on any atom is -0.391 e. The molecule has 0 amide bonds. The molecule has 0 aliphatic heterocycles. The lowest BCUT2D eigenvalue weighted by Crippen LogP contribution is -2.31. The van der Waals surface area contributed by atoms with Gasteiger partial charge in [-0.1, -0.05) is 64.7 Å². The Hall–Kier alpha value is -0.550. The first-order valence-corrected chi connectivity index (χ1v) is 7.84. The molecule has 1 aliphatic carbocycles. The highest BCUT2D eigenvalue weighted by atomic mass is 16.3. The number of aliphatic hydroxyl groups is 1. The fourth-order valence-corrected chi connectivity index (χ4v) is 3.10. The van der Waals surface area contributed by atoms with E-state index >= 15 is 0 Å². The average molecular weight is 251 g/mol. The maximum absolute atomic E-state index is 10.2. The van der Waals surface area contributed by atoms with Gasteiger partial charge in [-0.05, 0) is 19.3 Å². The van der Waals surface area contributed by atoms with Crippen LogP contribution in [0.1, 0.15) is 84.0 Å². The molecule has 1 fully saturated rings. The fraction of sp³-hybridized carbons (Fsp3) is 0.938. The minimum absolute atomic E-state index is 0.388. The van der Waals surface area contributed by atoms with Gasteiger partial charge in [-0.15, -0.1) is 0 Å².